The smallest absolute Gasteiger partial charge is 0.261 e. The van der Waals surface area contributed by atoms with E-state index in [2.05, 4.69) is 25.9 Å². The number of rotatable bonds is 6. The molecule has 0 saturated carbocycles. The molecule has 0 aliphatic rings. The van der Waals surface area contributed by atoms with Gasteiger partial charge in [-0.25, -0.2) is 13.8 Å². The van der Waals surface area contributed by atoms with E-state index in [0.29, 0.717) is 16.6 Å². The quantitative estimate of drug-likeness (QED) is 0.653. The van der Waals surface area contributed by atoms with Gasteiger partial charge in [-0.05, 0) is 22.0 Å². The van der Waals surface area contributed by atoms with Crippen LogP contribution in [-0.2, 0) is 4.74 Å². The van der Waals surface area contributed by atoms with Crippen molar-refractivity contribution in [2.24, 2.45) is 0 Å². The summed E-state index contributed by atoms with van der Waals surface area (Å²) in [5.41, 5.74) is 1.10. The van der Waals surface area contributed by atoms with E-state index < -0.39 is 13.0 Å². The summed E-state index contributed by atoms with van der Waals surface area (Å²) < 4.78 is 29.2. The lowest BCUT2D eigenvalue weighted by Crippen LogP contribution is -2.09. The zero-order chi connectivity index (χ0) is 13.8. The van der Waals surface area contributed by atoms with Gasteiger partial charge >= 0.3 is 0 Å². The van der Waals surface area contributed by atoms with Crippen molar-refractivity contribution in [1.29, 1.82) is 0 Å². The van der Waals surface area contributed by atoms with Crippen LogP contribution in [0.15, 0.2) is 22.9 Å². The summed E-state index contributed by atoms with van der Waals surface area (Å²) in [7, 11) is 0. The first kappa shape index (κ1) is 14.1. The third kappa shape index (κ3) is 3.57. The average molecular weight is 333 g/mol. The normalized spacial score (nSPS) is 11.4. The summed E-state index contributed by atoms with van der Waals surface area (Å²) in [5.74, 6) is -0.166. The molecule has 0 fully saturated rings. The maximum absolute atomic E-state index is 11.9. The Kier molecular flexibility index (Phi) is 4.60. The molecule has 2 aromatic heterocycles. The second kappa shape index (κ2) is 6.21. The number of nitrogens with one attached hydrogen (secondary N) is 1. The summed E-state index contributed by atoms with van der Waals surface area (Å²) in [4.78, 5) is 19.0. The molecule has 4 nitrogen and oxygen atoms in total. The van der Waals surface area contributed by atoms with E-state index in [9.17, 15) is 13.6 Å². The standard InChI is InChI=1S/C12H11BrF2N2O2/c13-7-3-8-9(5-17-12(8)16-4-7)10(18)1-2-19-6-11(14)15/h3-5,11H,1-2,6H2,(H,16,17). The van der Waals surface area contributed by atoms with Crippen LogP contribution in [0.3, 0.4) is 0 Å². The first-order valence-corrected chi connectivity index (χ1v) is 6.39. The second-order valence-corrected chi connectivity index (χ2v) is 4.81. The van der Waals surface area contributed by atoms with E-state index in [1.54, 1.807) is 18.5 Å². The fourth-order valence-corrected chi connectivity index (χ4v) is 2.01. The van der Waals surface area contributed by atoms with Gasteiger partial charge in [-0.15, -0.1) is 0 Å². The van der Waals surface area contributed by atoms with Crippen molar-refractivity contribution in [3.8, 4) is 0 Å². The molecule has 2 rings (SSSR count). The number of ketones is 1. The number of alkyl halides is 2. The lowest BCUT2D eigenvalue weighted by molar-refractivity contribution is 0.0170. The largest absolute Gasteiger partial charge is 0.375 e. The van der Waals surface area contributed by atoms with Gasteiger partial charge < -0.3 is 9.72 Å². The number of aromatic nitrogens is 2. The number of hydrogen-bond donors (Lipinski definition) is 1. The number of halogens is 3. The van der Waals surface area contributed by atoms with Gasteiger partial charge in [0.05, 0.1) is 6.61 Å². The molecule has 7 heteroatoms. The summed E-state index contributed by atoms with van der Waals surface area (Å²) in [6, 6.07) is 1.78. The molecule has 0 aromatic carbocycles. The van der Waals surface area contributed by atoms with Crippen LogP contribution in [0.25, 0.3) is 11.0 Å². The van der Waals surface area contributed by atoms with Crippen molar-refractivity contribution in [3.63, 3.8) is 0 Å². The predicted molar refractivity (Wildman–Crippen MR) is 69.6 cm³/mol. The van der Waals surface area contributed by atoms with Crippen LogP contribution in [0, 0.1) is 0 Å². The Hall–Kier alpha value is -1.34. The number of aromatic amines is 1. The highest BCUT2D eigenvalue weighted by Gasteiger charge is 2.13. The Bertz CT molecular complexity index is 586. The first-order valence-electron chi connectivity index (χ1n) is 5.59. The van der Waals surface area contributed by atoms with Gasteiger partial charge in [-0.2, -0.15) is 0 Å². The highest BCUT2D eigenvalue weighted by atomic mass is 79.9. The zero-order valence-electron chi connectivity index (χ0n) is 9.83. The number of hydrogen-bond acceptors (Lipinski definition) is 3. The van der Waals surface area contributed by atoms with E-state index in [-0.39, 0.29) is 18.8 Å². The van der Waals surface area contributed by atoms with E-state index in [1.165, 1.54) is 0 Å². The molecule has 0 spiro atoms. The highest BCUT2D eigenvalue weighted by Crippen LogP contribution is 2.21. The van der Waals surface area contributed by atoms with E-state index in [0.717, 1.165) is 4.47 Å². The van der Waals surface area contributed by atoms with Gasteiger partial charge in [-0.1, -0.05) is 0 Å². The number of nitrogens with zero attached hydrogens (tertiary/aromatic N) is 1. The molecule has 102 valence electrons. The van der Waals surface area contributed by atoms with Crippen molar-refractivity contribution in [2.45, 2.75) is 12.8 Å². The maximum atomic E-state index is 11.9. The van der Waals surface area contributed by atoms with Crippen molar-refractivity contribution in [2.75, 3.05) is 13.2 Å². The maximum Gasteiger partial charge on any atom is 0.261 e. The number of pyridine rings is 1. The lowest BCUT2D eigenvalue weighted by atomic mass is 10.1. The highest BCUT2D eigenvalue weighted by molar-refractivity contribution is 9.10. The van der Waals surface area contributed by atoms with Gasteiger partial charge in [0.2, 0.25) is 0 Å². The molecule has 0 radical (unpaired) electrons. The monoisotopic (exact) mass is 332 g/mol. The zero-order valence-corrected chi connectivity index (χ0v) is 11.4. The molecule has 0 unspecified atom stereocenters. The second-order valence-electron chi connectivity index (χ2n) is 3.89. The Balaban J connectivity index is 2.03. The molecule has 0 saturated heterocycles. The Labute approximate surface area is 116 Å². The third-order valence-electron chi connectivity index (χ3n) is 2.52. The summed E-state index contributed by atoms with van der Waals surface area (Å²) in [6.45, 7) is -0.661. The molecule has 0 aliphatic carbocycles. The topological polar surface area (TPSA) is 55.0 Å². The first-order chi connectivity index (χ1) is 9.08. The van der Waals surface area contributed by atoms with E-state index in [1.807, 2.05) is 0 Å². The molecule has 0 amide bonds. The minimum Gasteiger partial charge on any atom is -0.375 e. The SMILES string of the molecule is O=C(CCOCC(F)F)c1c[nH]c2ncc(Br)cc12. The number of carbonyl (C=O) groups is 1. The molecule has 2 aromatic rings. The summed E-state index contributed by atoms with van der Waals surface area (Å²) >= 11 is 3.28. The van der Waals surface area contributed by atoms with Crippen LogP contribution in [0.2, 0.25) is 0 Å². The Morgan fingerprint density at radius 2 is 2.32 bits per heavy atom. The fourth-order valence-electron chi connectivity index (χ4n) is 1.68. The van der Waals surface area contributed by atoms with Crippen LogP contribution in [0.1, 0.15) is 16.8 Å². The van der Waals surface area contributed by atoms with Crippen LogP contribution in [0.4, 0.5) is 8.78 Å². The van der Waals surface area contributed by atoms with E-state index in [4.69, 9.17) is 4.74 Å². The third-order valence-corrected chi connectivity index (χ3v) is 2.95. The Morgan fingerprint density at radius 1 is 1.53 bits per heavy atom. The van der Waals surface area contributed by atoms with Crippen LogP contribution in [-0.4, -0.2) is 35.4 Å². The molecule has 19 heavy (non-hydrogen) atoms. The number of Topliss-reactive ketones (excluding diaryl/α,β-unsaturated/α-hetero) is 1. The molecule has 0 bridgehead atoms. The summed E-state index contributed by atoms with van der Waals surface area (Å²) in [6.07, 6.45) is 0.744. The van der Waals surface area contributed by atoms with Crippen molar-refractivity contribution in [3.05, 3.63) is 28.5 Å². The van der Waals surface area contributed by atoms with Gasteiger partial charge in [0.1, 0.15) is 12.3 Å². The van der Waals surface area contributed by atoms with Gasteiger partial charge in [0.15, 0.2) is 5.78 Å². The van der Waals surface area contributed by atoms with Gasteiger partial charge in [-0.3, -0.25) is 4.79 Å². The molecule has 0 aliphatic heterocycles. The van der Waals surface area contributed by atoms with Gasteiger partial charge in [0, 0.05) is 34.2 Å². The molecule has 2 heterocycles. The van der Waals surface area contributed by atoms with Crippen LogP contribution >= 0.6 is 15.9 Å². The minimum atomic E-state index is -2.51. The lowest BCUT2D eigenvalue weighted by Gasteiger charge is -2.02. The van der Waals surface area contributed by atoms with Crippen molar-refractivity contribution in [1.82, 2.24) is 9.97 Å². The molecular weight excluding hydrogens is 322 g/mol. The summed E-state index contributed by atoms with van der Waals surface area (Å²) in [5, 5.41) is 0.702. The molecular formula is C12H11BrF2N2O2. The van der Waals surface area contributed by atoms with E-state index >= 15 is 0 Å². The van der Waals surface area contributed by atoms with Crippen molar-refractivity contribution < 1.29 is 18.3 Å². The van der Waals surface area contributed by atoms with Crippen LogP contribution in [0.5, 0.6) is 0 Å². The fraction of sp³-hybridized carbons (Fsp3) is 0.333. The number of H-pyrrole nitrogens is 1. The van der Waals surface area contributed by atoms with Crippen molar-refractivity contribution >= 4 is 32.7 Å². The number of ether oxygens (including phenoxy) is 1. The molecule has 1 N–H and O–H groups in total. The predicted octanol–water partition coefficient (Wildman–Crippen LogP) is 3.18. The van der Waals surface area contributed by atoms with Gasteiger partial charge in [0.25, 0.3) is 6.43 Å². The average Bonchev–Trinajstić information content (AvgIpc) is 2.77. The van der Waals surface area contributed by atoms with Crippen LogP contribution < -0.4 is 0 Å². The Morgan fingerprint density at radius 3 is 3.05 bits per heavy atom. The minimum absolute atomic E-state index is 0.0166. The molecule has 0 atom stereocenters. The number of fused-ring (bicyclic) bond motifs is 1. The number of carbonyl (C=O) groups excluding carboxylic acids is 1.